The lowest BCUT2D eigenvalue weighted by molar-refractivity contribution is -0.126. The van der Waals surface area contributed by atoms with Gasteiger partial charge in [0.2, 0.25) is 15.9 Å². The molecule has 0 aromatic heterocycles. The van der Waals surface area contributed by atoms with Crippen molar-refractivity contribution in [3.8, 4) is 0 Å². The van der Waals surface area contributed by atoms with E-state index in [1.54, 1.807) is 0 Å². The lowest BCUT2D eigenvalue weighted by Gasteiger charge is -2.31. The fourth-order valence-corrected chi connectivity index (χ4v) is 6.15. The van der Waals surface area contributed by atoms with E-state index in [1.807, 2.05) is 12.1 Å². The summed E-state index contributed by atoms with van der Waals surface area (Å²) >= 11 is 0. The van der Waals surface area contributed by atoms with Crippen LogP contribution >= 0.6 is 0 Å². The van der Waals surface area contributed by atoms with Crippen LogP contribution in [-0.4, -0.2) is 62.4 Å². The minimum Gasteiger partial charge on any atom is -0.376 e. The van der Waals surface area contributed by atoms with Gasteiger partial charge in [0.05, 0.1) is 12.7 Å². The molecule has 1 unspecified atom stereocenters. The van der Waals surface area contributed by atoms with Gasteiger partial charge < -0.3 is 10.1 Å². The number of sulfonamides is 1. The lowest BCUT2D eigenvalue weighted by atomic mass is 9.97. The van der Waals surface area contributed by atoms with Crippen LogP contribution in [0.2, 0.25) is 0 Å². The Kier molecular flexibility index (Phi) is 7.98. The Hall–Kier alpha value is -2.33. The SMILES string of the molecule is CC1CN(Cc2cccc(CNC(=O)C3CCN(S(=O)(=O)c4ccccc4F)CC3)c2)CCO1. The topological polar surface area (TPSA) is 79.0 Å². The molecule has 2 aromatic carbocycles. The number of amides is 1. The smallest absolute Gasteiger partial charge is 0.245 e. The highest BCUT2D eigenvalue weighted by molar-refractivity contribution is 7.89. The Labute approximate surface area is 200 Å². The summed E-state index contributed by atoms with van der Waals surface area (Å²) in [6, 6.07) is 13.6. The highest BCUT2D eigenvalue weighted by Crippen LogP contribution is 2.25. The minimum absolute atomic E-state index is 0.0738. The molecule has 2 aliphatic heterocycles. The van der Waals surface area contributed by atoms with Gasteiger partial charge >= 0.3 is 0 Å². The van der Waals surface area contributed by atoms with Crippen molar-refractivity contribution < 1.29 is 22.3 Å². The number of ether oxygens (including phenoxy) is 1. The second kappa shape index (κ2) is 10.9. The van der Waals surface area contributed by atoms with Crippen molar-refractivity contribution in [1.29, 1.82) is 0 Å². The number of hydrogen-bond acceptors (Lipinski definition) is 5. The second-order valence-corrected chi connectivity index (χ2v) is 11.0. The molecule has 2 saturated heterocycles. The van der Waals surface area contributed by atoms with Gasteiger partial charge in [0.1, 0.15) is 10.7 Å². The summed E-state index contributed by atoms with van der Waals surface area (Å²) in [5.41, 5.74) is 2.24. The van der Waals surface area contributed by atoms with Crippen LogP contribution in [0.3, 0.4) is 0 Å². The van der Waals surface area contributed by atoms with Crippen LogP contribution in [0.25, 0.3) is 0 Å². The Morgan fingerprint density at radius 1 is 1.09 bits per heavy atom. The second-order valence-electron chi connectivity index (χ2n) is 9.06. The zero-order chi connectivity index (χ0) is 24.1. The van der Waals surface area contributed by atoms with E-state index in [2.05, 4.69) is 29.3 Å². The summed E-state index contributed by atoms with van der Waals surface area (Å²) in [4.78, 5) is 14.8. The summed E-state index contributed by atoms with van der Waals surface area (Å²) in [6.07, 6.45) is 1.06. The molecular weight excluding hydrogens is 457 g/mol. The third-order valence-electron chi connectivity index (χ3n) is 6.47. The molecule has 0 aliphatic carbocycles. The first-order valence-electron chi connectivity index (χ1n) is 11.8. The third kappa shape index (κ3) is 6.02. The van der Waals surface area contributed by atoms with Crippen molar-refractivity contribution in [2.75, 3.05) is 32.8 Å². The number of piperidine rings is 1. The molecule has 2 heterocycles. The van der Waals surface area contributed by atoms with E-state index in [0.29, 0.717) is 19.4 Å². The Morgan fingerprint density at radius 3 is 2.56 bits per heavy atom. The largest absolute Gasteiger partial charge is 0.376 e. The molecule has 9 heteroatoms. The van der Waals surface area contributed by atoms with E-state index < -0.39 is 15.8 Å². The van der Waals surface area contributed by atoms with E-state index in [1.165, 1.54) is 28.1 Å². The van der Waals surface area contributed by atoms with E-state index in [4.69, 9.17) is 4.74 Å². The summed E-state index contributed by atoms with van der Waals surface area (Å²) in [5.74, 6) is -1.09. The molecule has 7 nitrogen and oxygen atoms in total. The van der Waals surface area contributed by atoms with Gasteiger partial charge in [-0.2, -0.15) is 4.31 Å². The molecule has 1 atom stereocenters. The van der Waals surface area contributed by atoms with Crippen molar-refractivity contribution in [3.63, 3.8) is 0 Å². The standard InChI is InChI=1S/C25H32FN3O4S/c1-19-17-28(13-14-33-19)18-21-6-4-5-20(15-21)16-27-25(30)22-9-11-29(12-10-22)34(31,32)24-8-3-2-7-23(24)26/h2-8,15,19,22H,9-14,16-18H2,1H3,(H,27,30). The summed E-state index contributed by atoms with van der Waals surface area (Å²) in [5, 5.41) is 3.00. The number of nitrogens with one attached hydrogen (secondary N) is 1. The van der Waals surface area contributed by atoms with Crippen LogP contribution in [0.4, 0.5) is 4.39 Å². The van der Waals surface area contributed by atoms with Gasteiger partial charge in [-0.3, -0.25) is 9.69 Å². The monoisotopic (exact) mass is 489 g/mol. The van der Waals surface area contributed by atoms with Crippen LogP contribution in [0.1, 0.15) is 30.9 Å². The molecule has 0 spiro atoms. The molecule has 4 rings (SSSR count). The average molecular weight is 490 g/mol. The van der Waals surface area contributed by atoms with E-state index >= 15 is 0 Å². The highest BCUT2D eigenvalue weighted by atomic mass is 32.2. The fourth-order valence-electron chi connectivity index (χ4n) is 4.62. The van der Waals surface area contributed by atoms with Gasteiger partial charge in [0.25, 0.3) is 0 Å². The van der Waals surface area contributed by atoms with Crippen molar-refractivity contribution in [3.05, 3.63) is 65.5 Å². The van der Waals surface area contributed by atoms with Crippen LogP contribution in [0.5, 0.6) is 0 Å². The number of benzene rings is 2. The maximum Gasteiger partial charge on any atom is 0.245 e. The lowest BCUT2D eigenvalue weighted by Crippen LogP contribution is -2.43. The first-order valence-corrected chi connectivity index (χ1v) is 13.2. The number of rotatable bonds is 7. The number of halogens is 1. The van der Waals surface area contributed by atoms with Crippen molar-refractivity contribution in [1.82, 2.24) is 14.5 Å². The van der Waals surface area contributed by atoms with E-state index in [-0.39, 0.29) is 35.9 Å². The van der Waals surface area contributed by atoms with Gasteiger partial charge in [-0.1, -0.05) is 36.4 Å². The summed E-state index contributed by atoms with van der Waals surface area (Å²) in [7, 11) is -3.90. The molecule has 2 fully saturated rings. The average Bonchev–Trinajstić information content (AvgIpc) is 2.83. The molecule has 1 N–H and O–H groups in total. The van der Waals surface area contributed by atoms with Crippen molar-refractivity contribution in [2.24, 2.45) is 5.92 Å². The van der Waals surface area contributed by atoms with Gasteiger partial charge in [0, 0.05) is 45.2 Å². The first-order chi connectivity index (χ1) is 16.3. The maximum absolute atomic E-state index is 14.0. The number of carbonyl (C=O) groups excluding carboxylic acids is 1. The Morgan fingerprint density at radius 2 is 1.82 bits per heavy atom. The molecule has 0 saturated carbocycles. The molecule has 1 amide bonds. The van der Waals surface area contributed by atoms with Crippen molar-refractivity contribution in [2.45, 2.75) is 43.9 Å². The highest BCUT2D eigenvalue weighted by Gasteiger charge is 2.33. The van der Waals surface area contributed by atoms with Crippen LogP contribution < -0.4 is 5.32 Å². The van der Waals surface area contributed by atoms with Crippen LogP contribution in [-0.2, 0) is 32.6 Å². The Bertz CT molecular complexity index is 1100. The fraction of sp³-hybridized carbons (Fsp3) is 0.480. The predicted molar refractivity (Wildman–Crippen MR) is 127 cm³/mol. The molecule has 0 bridgehead atoms. The molecular formula is C25H32FN3O4S. The predicted octanol–water partition coefficient (Wildman–Crippen LogP) is 2.76. The van der Waals surface area contributed by atoms with Crippen LogP contribution in [0, 0.1) is 11.7 Å². The third-order valence-corrected chi connectivity index (χ3v) is 8.40. The van der Waals surface area contributed by atoms with Gasteiger partial charge in [-0.05, 0) is 43.0 Å². The molecule has 184 valence electrons. The summed E-state index contributed by atoms with van der Waals surface area (Å²) in [6.45, 7) is 6.33. The molecule has 2 aliphatic rings. The number of carbonyl (C=O) groups is 1. The van der Waals surface area contributed by atoms with Crippen LogP contribution in [0.15, 0.2) is 53.4 Å². The van der Waals surface area contributed by atoms with E-state index in [9.17, 15) is 17.6 Å². The zero-order valence-corrected chi connectivity index (χ0v) is 20.3. The maximum atomic E-state index is 14.0. The molecule has 2 aromatic rings. The normalized spacial score (nSPS) is 20.8. The van der Waals surface area contributed by atoms with Gasteiger partial charge in [-0.15, -0.1) is 0 Å². The first kappa shape index (κ1) is 24.8. The number of morpholine rings is 1. The summed E-state index contributed by atoms with van der Waals surface area (Å²) < 4.78 is 46.4. The zero-order valence-electron chi connectivity index (χ0n) is 19.5. The molecule has 34 heavy (non-hydrogen) atoms. The van der Waals surface area contributed by atoms with Crippen molar-refractivity contribution >= 4 is 15.9 Å². The van der Waals surface area contributed by atoms with Gasteiger partial charge in [0.15, 0.2) is 0 Å². The quantitative estimate of drug-likeness (QED) is 0.647. The molecule has 0 radical (unpaired) electrons. The number of nitrogens with zero attached hydrogens (tertiary/aromatic N) is 2. The Balaban J connectivity index is 1.27. The van der Waals surface area contributed by atoms with Gasteiger partial charge in [-0.25, -0.2) is 12.8 Å². The minimum atomic E-state index is -3.90. The number of hydrogen-bond donors (Lipinski definition) is 1. The van der Waals surface area contributed by atoms with E-state index in [0.717, 1.165) is 37.9 Å².